The average molecular weight is 248 g/mol. The van der Waals surface area contributed by atoms with Crippen molar-refractivity contribution in [2.75, 3.05) is 19.2 Å². The van der Waals surface area contributed by atoms with E-state index in [1.54, 1.807) is 4.90 Å². The lowest BCUT2D eigenvalue weighted by atomic mass is 10.2. The molecule has 94 valence electrons. The Kier molecular flexibility index (Phi) is 8.30. The minimum atomic E-state index is -0.114. The Bertz CT molecular complexity index is 247. The van der Waals surface area contributed by atoms with E-state index in [4.69, 9.17) is 16.3 Å². The molecule has 0 saturated carbocycles. The van der Waals surface area contributed by atoms with Crippen LogP contribution in [0.2, 0.25) is 0 Å². The number of nitrogens with zero attached hydrogens (tertiary/aromatic N) is 1. The van der Waals surface area contributed by atoms with Gasteiger partial charge in [-0.2, -0.15) is 0 Å². The molecule has 0 spiro atoms. The van der Waals surface area contributed by atoms with Crippen LogP contribution in [0.4, 0.5) is 0 Å². The van der Waals surface area contributed by atoms with E-state index in [9.17, 15) is 4.79 Å². The topological polar surface area (TPSA) is 29.5 Å². The summed E-state index contributed by atoms with van der Waals surface area (Å²) >= 11 is 5.57. The van der Waals surface area contributed by atoms with Crippen molar-refractivity contribution in [3.8, 4) is 0 Å². The number of hydrogen-bond acceptors (Lipinski definition) is 2. The number of unbranched alkanes of at least 4 members (excludes halogenated alkanes) is 1. The second-order valence-electron chi connectivity index (χ2n) is 3.93. The summed E-state index contributed by atoms with van der Waals surface area (Å²) in [7, 11) is 0. The fourth-order valence-electron chi connectivity index (χ4n) is 1.10. The zero-order valence-corrected chi connectivity index (χ0v) is 11.4. The van der Waals surface area contributed by atoms with Crippen LogP contribution in [0.25, 0.3) is 0 Å². The van der Waals surface area contributed by atoms with Gasteiger partial charge in [-0.15, -0.1) is 11.6 Å². The molecule has 0 aliphatic heterocycles. The van der Waals surface area contributed by atoms with Crippen molar-refractivity contribution in [3.63, 3.8) is 0 Å². The Morgan fingerprint density at radius 2 is 1.94 bits per heavy atom. The van der Waals surface area contributed by atoms with Crippen LogP contribution in [-0.2, 0) is 9.53 Å². The first-order valence-corrected chi connectivity index (χ1v) is 6.16. The Hall–Kier alpha value is -0.540. The minimum absolute atomic E-state index is 0.0121. The van der Waals surface area contributed by atoms with Gasteiger partial charge in [-0.1, -0.05) is 18.9 Å². The first kappa shape index (κ1) is 15.5. The predicted molar refractivity (Wildman–Crippen MR) is 67.3 cm³/mol. The highest BCUT2D eigenvalue weighted by Gasteiger charge is 2.14. The van der Waals surface area contributed by atoms with E-state index in [0.717, 1.165) is 24.1 Å². The maximum atomic E-state index is 11.6. The molecular formula is C12H22ClNO2. The summed E-state index contributed by atoms with van der Waals surface area (Å²) in [5.41, 5.74) is 2.01. The lowest BCUT2D eigenvalue weighted by Gasteiger charge is -2.23. The van der Waals surface area contributed by atoms with Crippen molar-refractivity contribution in [3.05, 3.63) is 11.3 Å². The van der Waals surface area contributed by atoms with Crippen molar-refractivity contribution in [1.82, 2.24) is 4.90 Å². The van der Waals surface area contributed by atoms with Crippen molar-refractivity contribution in [1.29, 1.82) is 0 Å². The molecule has 3 nitrogen and oxygen atoms in total. The maximum absolute atomic E-state index is 11.6. The fraction of sp³-hybridized carbons (Fsp3) is 0.750. The summed E-state index contributed by atoms with van der Waals surface area (Å²) in [5, 5.41) is 0. The van der Waals surface area contributed by atoms with Gasteiger partial charge in [0.15, 0.2) is 0 Å². The van der Waals surface area contributed by atoms with E-state index in [-0.39, 0.29) is 11.8 Å². The molecule has 0 heterocycles. The molecular weight excluding hydrogens is 226 g/mol. The number of alkyl halides is 1. The van der Waals surface area contributed by atoms with Gasteiger partial charge in [0.2, 0.25) is 5.91 Å². The summed E-state index contributed by atoms with van der Waals surface area (Å²) in [6, 6.07) is 0. The Balaban J connectivity index is 4.34. The average Bonchev–Trinajstić information content (AvgIpc) is 2.27. The van der Waals surface area contributed by atoms with Crippen LogP contribution >= 0.6 is 11.6 Å². The Labute approximate surface area is 103 Å². The number of carbonyl (C=O) groups is 1. The van der Waals surface area contributed by atoms with E-state index in [1.807, 2.05) is 20.8 Å². The summed E-state index contributed by atoms with van der Waals surface area (Å²) in [6.45, 7) is 8.92. The van der Waals surface area contributed by atoms with Crippen LogP contribution in [0.15, 0.2) is 11.3 Å². The lowest BCUT2D eigenvalue weighted by Crippen LogP contribution is -2.33. The number of amides is 1. The number of ether oxygens (including phenoxy) is 1. The molecule has 1 amide bonds. The van der Waals surface area contributed by atoms with Gasteiger partial charge in [-0.3, -0.25) is 9.69 Å². The minimum Gasteiger partial charge on any atom is -0.361 e. The standard InChI is InChI=1S/C12H22ClNO2/c1-5-6-7-16-9-14(12(15)8-13)11(4)10(2)3/h5-9H2,1-4H3. The number of halogens is 1. The van der Waals surface area contributed by atoms with Crippen LogP contribution in [0.1, 0.15) is 40.5 Å². The van der Waals surface area contributed by atoms with Gasteiger partial charge in [0.05, 0.1) is 0 Å². The highest BCUT2D eigenvalue weighted by Crippen LogP contribution is 2.10. The molecule has 0 bridgehead atoms. The summed E-state index contributed by atoms with van der Waals surface area (Å²) in [6.07, 6.45) is 2.10. The van der Waals surface area contributed by atoms with Crippen molar-refractivity contribution in [2.24, 2.45) is 0 Å². The van der Waals surface area contributed by atoms with Crippen LogP contribution in [0.3, 0.4) is 0 Å². The summed E-state index contributed by atoms with van der Waals surface area (Å²) < 4.78 is 5.44. The highest BCUT2D eigenvalue weighted by molar-refractivity contribution is 6.27. The van der Waals surface area contributed by atoms with Gasteiger partial charge in [-0.25, -0.2) is 0 Å². The molecule has 0 aromatic rings. The van der Waals surface area contributed by atoms with Crippen LogP contribution in [-0.4, -0.2) is 30.0 Å². The molecule has 0 aliphatic rings. The molecule has 0 saturated heterocycles. The van der Waals surface area contributed by atoms with Crippen molar-refractivity contribution in [2.45, 2.75) is 40.5 Å². The molecule has 0 N–H and O–H groups in total. The molecule has 0 atom stereocenters. The molecule has 0 radical (unpaired) electrons. The van der Waals surface area contributed by atoms with Gasteiger partial charge in [0, 0.05) is 12.3 Å². The van der Waals surface area contributed by atoms with Gasteiger partial charge in [0.25, 0.3) is 0 Å². The number of allylic oxidation sites excluding steroid dienone is 2. The van der Waals surface area contributed by atoms with E-state index >= 15 is 0 Å². The van der Waals surface area contributed by atoms with Gasteiger partial charge in [-0.05, 0) is 27.2 Å². The molecule has 0 fully saturated rings. The van der Waals surface area contributed by atoms with Crippen molar-refractivity contribution < 1.29 is 9.53 Å². The Morgan fingerprint density at radius 1 is 1.31 bits per heavy atom. The lowest BCUT2D eigenvalue weighted by molar-refractivity contribution is -0.131. The number of rotatable bonds is 7. The van der Waals surface area contributed by atoms with E-state index in [2.05, 4.69) is 6.92 Å². The first-order valence-electron chi connectivity index (χ1n) is 5.62. The number of hydrogen-bond donors (Lipinski definition) is 0. The molecule has 0 rings (SSSR count). The van der Waals surface area contributed by atoms with Gasteiger partial charge in [0.1, 0.15) is 12.6 Å². The van der Waals surface area contributed by atoms with E-state index < -0.39 is 0 Å². The molecule has 4 heteroatoms. The zero-order valence-electron chi connectivity index (χ0n) is 10.7. The fourth-order valence-corrected chi connectivity index (χ4v) is 1.24. The third kappa shape index (κ3) is 5.52. The second kappa shape index (κ2) is 8.59. The quantitative estimate of drug-likeness (QED) is 0.393. The highest BCUT2D eigenvalue weighted by atomic mass is 35.5. The van der Waals surface area contributed by atoms with Crippen LogP contribution in [0, 0.1) is 0 Å². The van der Waals surface area contributed by atoms with Crippen LogP contribution < -0.4 is 0 Å². The van der Waals surface area contributed by atoms with Crippen LogP contribution in [0.5, 0.6) is 0 Å². The monoisotopic (exact) mass is 247 g/mol. The molecule has 0 unspecified atom stereocenters. The summed E-state index contributed by atoms with van der Waals surface area (Å²) in [5.74, 6) is -0.126. The molecule has 0 aromatic heterocycles. The zero-order chi connectivity index (χ0) is 12.6. The van der Waals surface area contributed by atoms with Gasteiger partial charge >= 0.3 is 0 Å². The van der Waals surface area contributed by atoms with Crippen molar-refractivity contribution >= 4 is 17.5 Å². The second-order valence-corrected chi connectivity index (χ2v) is 4.20. The third-order valence-electron chi connectivity index (χ3n) is 2.41. The van der Waals surface area contributed by atoms with Gasteiger partial charge < -0.3 is 4.74 Å². The molecule has 0 aliphatic carbocycles. The number of carbonyl (C=O) groups excluding carboxylic acids is 1. The van der Waals surface area contributed by atoms with E-state index in [0.29, 0.717) is 13.3 Å². The third-order valence-corrected chi connectivity index (χ3v) is 2.64. The first-order chi connectivity index (χ1) is 7.54. The predicted octanol–water partition coefficient (Wildman–Crippen LogP) is 3.14. The van der Waals surface area contributed by atoms with E-state index in [1.165, 1.54) is 0 Å². The maximum Gasteiger partial charge on any atom is 0.243 e. The Morgan fingerprint density at radius 3 is 2.38 bits per heavy atom. The molecule has 16 heavy (non-hydrogen) atoms. The largest absolute Gasteiger partial charge is 0.361 e. The summed E-state index contributed by atoms with van der Waals surface area (Å²) in [4.78, 5) is 13.2. The SMILES string of the molecule is CCCCOCN(C(=O)CCl)C(C)=C(C)C. The smallest absolute Gasteiger partial charge is 0.243 e. The normalized spacial score (nSPS) is 10.1. The molecule has 0 aromatic carbocycles.